The topological polar surface area (TPSA) is 63.3 Å². The predicted molar refractivity (Wildman–Crippen MR) is 57.0 cm³/mol. The zero-order chi connectivity index (χ0) is 10.6. The number of aliphatic carboxylic acids is 1. The number of hydrogen-bond acceptors (Lipinski definition) is 3. The Morgan fingerprint density at radius 3 is 2.31 bits per heavy atom. The second-order valence-corrected chi connectivity index (χ2v) is 5.35. The average Bonchev–Trinajstić information content (AvgIpc) is 1.99. The van der Waals surface area contributed by atoms with Gasteiger partial charge in [0, 0.05) is 11.0 Å². The predicted octanol–water partition coefficient (Wildman–Crippen LogP) is 1.57. The fourth-order valence-electron chi connectivity index (χ4n) is 0.559. The molecule has 0 fully saturated rings. The summed E-state index contributed by atoms with van der Waals surface area (Å²) in [6.07, 6.45) is 0. The SMILES string of the molecule is CC(C)C(C)SCC(C)(N)C(=O)O. The monoisotopic (exact) mass is 205 g/mol. The molecule has 0 rings (SSSR count). The van der Waals surface area contributed by atoms with Gasteiger partial charge in [-0.3, -0.25) is 4.79 Å². The van der Waals surface area contributed by atoms with Crippen molar-refractivity contribution < 1.29 is 9.90 Å². The van der Waals surface area contributed by atoms with Gasteiger partial charge in [0.1, 0.15) is 5.54 Å². The van der Waals surface area contributed by atoms with Gasteiger partial charge in [-0.05, 0) is 12.8 Å². The minimum absolute atomic E-state index is 0.447. The van der Waals surface area contributed by atoms with E-state index in [2.05, 4.69) is 20.8 Å². The summed E-state index contributed by atoms with van der Waals surface area (Å²) in [5.41, 5.74) is 4.48. The maximum atomic E-state index is 10.7. The maximum absolute atomic E-state index is 10.7. The van der Waals surface area contributed by atoms with Crippen molar-refractivity contribution in [3.05, 3.63) is 0 Å². The van der Waals surface area contributed by atoms with Crippen LogP contribution in [0.1, 0.15) is 27.7 Å². The van der Waals surface area contributed by atoms with E-state index in [1.807, 2.05) is 0 Å². The molecule has 0 aromatic heterocycles. The van der Waals surface area contributed by atoms with Crippen LogP contribution in [0.25, 0.3) is 0 Å². The van der Waals surface area contributed by atoms with Crippen LogP contribution in [0, 0.1) is 5.92 Å². The number of nitrogens with two attached hydrogens (primary N) is 1. The van der Waals surface area contributed by atoms with E-state index in [1.165, 1.54) is 0 Å². The number of hydrogen-bond donors (Lipinski definition) is 2. The second-order valence-electron chi connectivity index (χ2n) is 3.98. The lowest BCUT2D eigenvalue weighted by Crippen LogP contribution is -2.47. The highest BCUT2D eigenvalue weighted by atomic mass is 32.2. The van der Waals surface area contributed by atoms with Gasteiger partial charge in [-0.1, -0.05) is 20.8 Å². The van der Waals surface area contributed by atoms with Crippen molar-refractivity contribution in [1.82, 2.24) is 0 Å². The summed E-state index contributed by atoms with van der Waals surface area (Å²) in [4.78, 5) is 10.7. The van der Waals surface area contributed by atoms with E-state index in [0.717, 1.165) is 0 Å². The molecule has 2 unspecified atom stereocenters. The summed E-state index contributed by atoms with van der Waals surface area (Å²) in [6, 6.07) is 0. The average molecular weight is 205 g/mol. The largest absolute Gasteiger partial charge is 0.480 e. The number of carbonyl (C=O) groups is 1. The van der Waals surface area contributed by atoms with Crippen LogP contribution in [0.2, 0.25) is 0 Å². The third-order valence-corrected chi connectivity index (χ3v) is 3.91. The Kier molecular flexibility index (Phi) is 4.78. The summed E-state index contributed by atoms with van der Waals surface area (Å²) in [5, 5.41) is 9.20. The minimum atomic E-state index is -1.10. The van der Waals surface area contributed by atoms with Crippen LogP contribution >= 0.6 is 11.8 Å². The lowest BCUT2D eigenvalue weighted by molar-refractivity contribution is -0.141. The quantitative estimate of drug-likeness (QED) is 0.715. The molecular formula is C9H19NO2S. The molecule has 2 atom stereocenters. The van der Waals surface area contributed by atoms with Crippen molar-refractivity contribution >= 4 is 17.7 Å². The Balaban J connectivity index is 3.95. The molecule has 0 aromatic carbocycles. The van der Waals surface area contributed by atoms with Crippen LogP contribution in [0.15, 0.2) is 0 Å². The van der Waals surface area contributed by atoms with Gasteiger partial charge in [-0.15, -0.1) is 0 Å². The number of thioether (sulfide) groups is 1. The van der Waals surface area contributed by atoms with Gasteiger partial charge in [0.05, 0.1) is 0 Å². The highest BCUT2D eigenvalue weighted by molar-refractivity contribution is 8.00. The molecule has 0 aliphatic heterocycles. The Morgan fingerprint density at radius 1 is 1.54 bits per heavy atom. The van der Waals surface area contributed by atoms with E-state index >= 15 is 0 Å². The van der Waals surface area contributed by atoms with E-state index in [0.29, 0.717) is 16.9 Å². The van der Waals surface area contributed by atoms with Crippen molar-refractivity contribution in [2.24, 2.45) is 11.7 Å². The number of rotatable bonds is 5. The standard InChI is InChI=1S/C9H19NO2S/c1-6(2)7(3)13-5-9(4,10)8(11)12/h6-7H,5,10H2,1-4H3,(H,11,12). The zero-order valence-electron chi connectivity index (χ0n) is 8.70. The first kappa shape index (κ1) is 12.8. The molecule has 0 saturated heterocycles. The fourth-order valence-corrected chi connectivity index (χ4v) is 1.68. The van der Waals surface area contributed by atoms with E-state index < -0.39 is 11.5 Å². The normalized spacial score (nSPS) is 18.3. The van der Waals surface area contributed by atoms with Crippen molar-refractivity contribution in [1.29, 1.82) is 0 Å². The molecule has 0 aromatic rings. The van der Waals surface area contributed by atoms with Gasteiger partial charge in [0.25, 0.3) is 0 Å². The van der Waals surface area contributed by atoms with Gasteiger partial charge < -0.3 is 10.8 Å². The lowest BCUT2D eigenvalue weighted by Gasteiger charge is -2.22. The third kappa shape index (κ3) is 4.52. The Hall–Kier alpha value is -0.220. The Bertz CT molecular complexity index is 180. The van der Waals surface area contributed by atoms with E-state index in [9.17, 15) is 4.79 Å². The summed E-state index contributed by atoms with van der Waals surface area (Å²) < 4.78 is 0. The molecule has 0 aliphatic rings. The van der Waals surface area contributed by atoms with Crippen molar-refractivity contribution in [2.75, 3.05) is 5.75 Å². The van der Waals surface area contributed by atoms with Crippen LogP contribution in [0.3, 0.4) is 0 Å². The number of carboxylic acids is 1. The molecule has 0 radical (unpaired) electrons. The van der Waals surface area contributed by atoms with E-state index in [1.54, 1.807) is 18.7 Å². The summed E-state index contributed by atoms with van der Waals surface area (Å²) in [7, 11) is 0. The fraction of sp³-hybridized carbons (Fsp3) is 0.889. The third-order valence-electron chi connectivity index (χ3n) is 2.07. The van der Waals surface area contributed by atoms with Crippen LogP contribution in [-0.2, 0) is 4.79 Å². The summed E-state index contributed by atoms with van der Waals surface area (Å²) >= 11 is 1.61. The number of carboxylic acid groups (broad SMARTS) is 1. The highest BCUT2D eigenvalue weighted by Crippen LogP contribution is 2.22. The molecule has 0 spiro atoms. The first-order chi connectivity index (χ1) is 5.77. The van der Waals surface area contributed by atoms with Gasteiger partial charge in [-0.25, -0.2) is 0 Å². The summed E-state index contributed by atoms with van der Waals surface area (Å²) in [6.45, 7) is 7.88. The van der Waals surface area contributed by atoms with Crippen LogP contribution in [0.5, 0.6) is 0 Å². The lowest BCUT2D eigenvalue weighted by atomic mass is 10.1. The molecule has 0 saturated carbocycles. The molecule has 4 heteroatoms. The summed E-state index contributed by atoms with van der Waals surface area (Å²) in [5.74, 6) is 0.0763. The Morgan fingerprint density at radius 2 is 2.00 bits per heavy atom. The van der Waals surface area contributed by atoms with Gasteiger partial charge in [0.15, 0.2) is 0 Å². The van der Waals surface area contributed by atoms with Crippen LogP contribution < -0.4 is 5.73 Å². The van der Waals surface area contributed by atoms with Crippen LogP contribution in [-0.4, -0.2) is 27.6 Å². The molecule has 0 aliphatic carbocycles. The minimum Gasteiger partial charge on any atom is -0.480 e. The molecule has 0 bridgehead atoms. The van der Waals surface area contributed by atoms with Gasteiger partial charge >= 0.3 is 5.97 Å². The van der Waals surface area contributed by atoms with Crippen LogP contribution in [0.4, 0.5) is 0 Å². The van der Waals surface area contributed by atoms with Crippen molar-refractivity contribution in [3.8, 4) is 0 Å². The van der Waals surface area contributed by atoms with Gasteiger partial charge in [-0.2, -0.15) is 11.8 Å². The molecule has 0 heterocycles. The first-order valence-electron chi connectivity index (χ1n) is 4.41. The Labute approximate surface area is 84.1 Å². The molecule has 3 N–H and O–H groups in total. The molecule has 13 heavy (non-hydrogen) atoms. The molecule has 78 valence electrons. The van der Waals surface area contributed by atoms with Gasteiger partial charge in [0.2, 0.25) is 0 Å². The molecular weight excluding hydrogens is 186 g/mol. The maximum Gasteiger partial charge on any atom is 0.324 e. The molecule has 0 amide bonds. The van der Waals surface area contributed by atoms with Crippen molar-refractivity contribution in [3.63, 3.8) is 0 Å². The van der Waals surface area contributed by atoms with E-state index in [-0.39, 0.29) is 0 Å². The smallest absolute Gasteiger partial charge is 0.324 e. The van der Waals surface area contributed by atoms with E-state index in [4.69, 9.17) is 10.8 Å². The highest BCUT2D eigenvalue weighted by Gasteiger charge is 2.28. The first-order valence-corrected chi connectivity index (χ1v) is 5.46. The second kappa shape index (κ2) is 4.86. The molecule has 3 nitrogen and oxygen atoms in total. The zero-order valence-corrected chi connectivity index (χ0v) is 9.52. The van der Waals surface area contributed by atoms with Crippen molar-refractivity contribution in [2.45, 2.75) is 38.5 Å².